The summed E-state index contributed by atoms with van der Waals surface area (Å²) in [4.78, 5) is 0. The molecule has 1 aromatic heterocycles. The predicted molar refractivity (Wildman–Crippen MR) is 69.0 cm³/mol. The molecule has 2 N–H and O–H groups in total. The van der Waals surface area contributed by atoms with E-state index in [1.165, 1.54) is 0 Å². The SMILES string of the molecule is Cc1nn(C)c(-c2ccc(Br)cc2)c1CN. The average Bonchev–Trinajstić information content (AvgIpc) is 2.54. The zero-order valence-electron chi connectivity index (χ0n) is 9.37. The first-order chi connectivity index (χ1) is 7.63. The van der Waals surface area contributed by atoms with E-state index in [4.69, 9.17) is 5.73 Å². The van der Waals surface area contributed by atoms with Crippen LogP contribution in [0.25, 0.3) is 11.3 Å². The fourth-order valence-electron chi connectivity index (χ4n) is 1.92. The van der Waals surface area contributed by atoms with Crippen LogP contribution in [0.15, 0.2) is 28.7 Å². The molecule has 16 heavy (non-hydrogen) atoms. The third-order valence-corrected chi connectivity index (χ3v) is 3.20. The standard InChI is InChI=1S/C12H14BrN3/c1-8-11(7-14)12(16(2)15-8)9-3-5-10(13)6-4-9/h3-6H,7,14H2,1-2H3. The molecule has 1 aromatic carbocycles. The number of aromatic nitrogens is 2. The van der Waals surface area contributed by atoms with Gasteiger partial charge in [0.1, 0.15) is 0 Å². The minimum Gasteiger partial charge on any atom is -0.326 e. The Bertz CT molecular complexity index is 500. The van der Waals surface area contributed by atoms with Gasteiger partial charge in [0.15, 0.2) is 0 Å². The van der Waals surface area contributed by atoms with Crippen LogP contribution in [0.1, 0.15) is 11.3 Å². The summed E-state index contributed by atoms with van der Waals surface area (Å²) in [6.07, 6.45) is 0. The monoisotopic (exact) mass is 279 g/mol. The topological polar surface area (TPSA) is 43.8 Å². The lowest BCUT2D eigenvalue weighted by molar-refractivity contribution is 0.764. The van der Waals surface area contributed by atoms with Crippen LogP contribution in [0, 0.1) is 6.92 Å². The molecule has 0 bridgehead atoms. The quantitative estimate of drug-likeness (QED) is 0.919. The van der Waals surface area contributed by atoms with Gasteiger partial charge in [-0.3, -0.25) is 4.68 Å². The molecule has 0 atom stereocenters. The molecule has 2 rings (SSSR count). The zero-order valence-corrected chi connectivity index (χ0v) is 11.0. The molecule has 0 fully saturated rings. The smallest absolute Gasteiger partial charge is 0.0726 e. The van der Waals surface area contributed by atoms with E-state index in [1.807, 2.05) is 30.8 Å². The minimum absolute atomic E-state index is 0.519. The Balaban J connectivity index is 2.59. The molecule has 3 nitrogen and oxygen atoms in total. The molecule has 0 saturated heterocycles. The molecular weight excluding hydrogens is 266 g/mol. The van der Waals surface area contributed by atoms with Gasteiger partial charge in [0.25, 0.3) is 0 Å². The molecule has 0 unspecified atom stereocenters. The van der Waals surface area contributed by atoms with E-state index in [-0.39, 0.29) is 0 Å². The molecule has 2 aromatic rings. The van der Waals surface area contributed by atoms with Crippen molar-refractivity contribution in [2.24, 2.45) is 12.8 Å². The lowest BCUT2D eigenvalue weighted by Gasteiger charge is -2.05. The first-order valence-electron chi connectivity index (χ1n) is 5.12. The zero-order chi connectivity index (χ0) is 11.7. The highest BCUT2D eigenvalue weighted by Gasteiger charge is 2.13. The molecule has 0 radical (unpaired) electrons. The summed E-state index contributed by atoms with van der Waals surface area (Å²) < 4.78 is 2.96. The largest absolute Gasteiger partial charge is 0.326 e. The van der Waals surface area contributed by atoms with E-state index >= 15 is 0 Å². The summed E-state index contributed by atoms with van der Waals surface area (Å²) in [5.74, 6) is 0. The van der Waals surface area contributed by atoms with Gasteiger partial charge < -0.3 is 5.73 Å². The van der Waals surface area contributed by atoms with E-state index < -0.39 is 0 Å². The Morgan fingerprint density at radius 2 is 1.94 bits per heavy atom. The first kappa shape index (κ1) is 11.4. The summed E-state index contributed by atoms with van der Waals surface area (Å²) in [5, 5.41) is 4.41. The van der Waals surface area contributed by atoms with Crippen molar-refractivity contribution in [1.82, 2.24) is 9.78 Å². The third kappa shape index (κ3) is 1.90. The Morgan fingerprint density at radius 1 is 1.31 bits per heavy atom. The third-order valence-electron chi connectivity index (χ3n) is 2.67. The van der Waals surface area contributed by atoms with Crippen molar-refractivity contribution in [3.05, 3.63) is 40.0 Å². The van der Waals surface area contributed by atoms with Crippen LogP contribution < -0.4 is 5.73 Å². The molecule has 84 valence electrons. The van der Waals surface area contributed by atoms with Crippen LogP contribution in [0.2, 0.25) is 0 Å². The number of benzene rings is 1. The molecular formula is C12H14BrN3. The number of halogens is 1. The van der Waals surface area contributed by atoms with Gasteiger partial charge in [-0.2, -0.15) is 5.10 Å². The summed E-state index contributed by atoms with van der Waals surface area (Å²) in [7, 11) is 1.95. The first-order valence-corrected chi connectivity index (χ1v) is 5.91. The number of nitrogens with zero attached hydrogens (tertiary/aromatic N) is 2. The Hall–Kier alpha value is -1.13. The van der Waals surface area contributed by atoms with Gasteiger partial charge >= 0.3 is 0 Å². The summed E-state index contributed by atoms with van der Waals surface area (Å²) in [6.45, 7) is 2.51. The molecule has 0 spiro atoms. The van der Waals surface area contributed by atoms with E-state index in [1.54, 1.807) is 0 Å². The van der Waals surface area contributed by atoms with E-state index in [9.17, 15) is 0 Å². The maximum atomic E-state index is 5.77. The highest BCUT2D eigenvalue weighted by atomic mass is 79.9. The minimum atomic E-state index is 0.519. The maximum Gasteiger partial charge on any atom is 0.0726 e. The van der Waals surface area contributed by atoms with Crippen molar-refractivity contribution in [3.63, 3.8) is 0 Å². The van der Waals surface area contributed by atoms with Crippen LogP contribution in [0.3, 0.4) is 0 Å². The Kier molecular flexibility index (Phi) is 3.12. The van der Waals surface area contributed by atoms with Gasteiger partial charge in [-0.1, -0.05) is 28.1 Å². The number of hydrogen-bond acceptors (Lipinski definition) is 2. The molecule has 0 amide bonds. The summed E-state index contributed by atoms with van der Waals surface area (Å²) in [5.41, 5.74) is 10.1. The number of aryl methyl sites for hydroxylation is 2. The van der Waals surface area contributed by atoms with Crippen molar-refractivity contribution in [1.29, 1.82) is 0 Å². The molecule has 1 heterocycles. The van der Waals surface area contributed by atoms with Gasteiger partial charge in [-0.15, -0.1) is 0 Å². The van der Waals surface area contributed by atoms with Crippen molar-refractivity contribution < 1.29 is 0 Å². The number of rotatable bonds is 2. The Morgan fingerprint density at radius 3 is 2.50 bits per heavy atom. The van der Waals surface area contributed by atoms with E-state index in [0.717, 1.165) is 27.0 Å². The van der Waals surface area contributed by atoms with E-state index in [0.29, 0.717) is 6.54 Å². The van der Waals surface area contributed by atoms with Crippen molar-refractivity contribution in [2.45, 2.75) is 13.5 Å². The second-order valence-corrected chi connectivity index (χ2v) is 4.66. The highest BCUT2D eigenvalue weighted by Crippen LogP contribution is 2.26. The molecule has 0 saturated carbocycles. The second kappa shape index (κ2) is 4.39. The molecule has 0 aliphatic heterocycles. The fraction of sp³-hybridized carbons (Fsp3) is 0.250. The van der Waals surface area contributed by atoms with Crippen molar-refractivity contribution in [3.8, 4) is 11.3 Å². The molecule has 4 heteroatoms. The van der Waals surface area contributed by atoms with Gasteiger partial charge in [0.2, 0.25) is 0 Å². The van der Waals surface area contributed by atoms with Gasteiger partial charge in [-0.05, 0) is 19.1 Å². The molecule has 0 aliphatic carbocycles. The normalized spacial score (nSPS) is 10.8. The van der Waals surface area contributed by atoms with Crippen LogP contribution in [0.4, 0.5) is 0 Å². The number of hydrogen-bond donors (Lipinski definition) is 1. The second-order valence-electron chi connectivity index (χ2n) is 3.75. The van der Waals surface area contributed by atoms with Crippen LogP contribution in [-0.2, 0) is 13.6 Å². The van der Waals surface area contributed by atoms with Crippen molar-refractivity contribution in [2.75, 3.05) is 0 Å². The lowest BCUT2D eigenvalue weighted by atomic mass is 10.1. The van der Waals surface area contributed by atoms with Crippen LogP contribution >= 0.6 is 15.9 Å². The predicted octanol–water partition coefficient (Wildman–Crippen LogP) is 2.62. The number of nitrogens with two attached hydrogens (primary N) is 1. The van der Waals surface area contributed by atoms with Crippen molar-refractivity contribution >= 4 is 15.9 Å². The lowest BCUT2D eigenvalue weighted by Crippen LogP contribution is -2.00. The highest BCUT2D eigenvalue weighted by molar-refractivity contribution is 9.10. The summed E-state index contributed by atoms with van der Waals surface area (Å²) >= 11 is 3.43. The van der Waals surface area contributed by atoms with E-state index in [2.05, 4.69) is 33.2 Å². The summed E-state index contributed by atoms with van der Waals surface area (Å²) in [6, 6.07) is 8.19. The fourth-order valence-corrected chi connectivity index (χ4v) is 2.18. The Labute approximate surface area is 103 Å². The molecule has 0 aliphatic rings. The van der Waals surface area contributed by atoms with Gasteiger partial charge in [-0.25, -0.2) is 0 Å². The van der Waals surface area contributed by atoms with Gasteiger partial charge in [0, 0.05) is 29.2 Å². The van der Waals surface area contributed by atoms with Crippen LogP contribution in [-0.4, -0.2) is 9.78 Å². The van der Waals surface area contributed by atoms with Crippen LogP contribution in [0.5, 0.6) is 0 Å². The van der Waals surface area contributed by atoms with Gasteiger partial charge in [0.05, 0.1) is 11.4 Å². The maximum absolute atomic E-state index is 5.77. The average molecular weight is 280 g/mol.